The molecule has 0 aliphatic carbocycles. The number of hydrogen-bond acceptors (Lipinski definition) is 4. The SMILES string of the molecule is CCOC(OCC)P(CCCN)OCC. The lowest BCUT2D eigenvalue weighted by Crippen LogP contribution is -2.19. The first-order chi connectivity index (χ1) is 7.29. The molecule has 0 saturated carbocycles. The third-order valence-corrected chi connectivity index (χ3v) is 3.85. The molecule has 0 heterocycles. The molecule has 0 fully saturated rings. The molecule has 1 unspecified atom stereocenters. The molecule has 0 aliphatic heterocycles. The average molecular weight is 237 g/mol. The van der Waals surface area contributed by atoms with Crippen LogP contribution in [0.5, 0.6) is 0 Å². The summed E-state index contributed by atoms with van der Waals surface area (Å²) in [6, 6.07) is -0.193. The van der Waals surface area contributed by atoms with Crippen molar-refractivity contribution in [2.45, 2.75) is 33.2 Å². The second-order valence-electron chi connectivity index (χ2n) is 2.92. The summed E-state index contributed by atoms with van der Waals surface area (Å²) in [6.45, 7) is 8.62. The van der Waals surface area contributed by atoms with Gasteiger partial charge in [-0.05, 0) is 39.9 Å². The van der Waals surface area contributed by atoms with Crippen LogP contribution in [0.3, 0.4) is 0 Å². The van der Waals surface area contributed by atoms with Crippen LogP contribution in [0.25, 0.3) is 0 Å². The molecule has 0 aromatic heterocycles. The number of nitrogens with two attached hydrogens (primary N) is 1. The maximum Gasteiger partial charge on any atom is 0.201 e. The van der Waals surface area contributed by atoms with Crippen molar-refractivity contribution < 1.29 is 14.0 Å². The Balaban J connectivity index is 4.09. The van der Waals surface area contributed by atoms with Crippen molar-refractivity contribution in [2.75, 3.05) is 32.5 Å². The van der Waals surface area contributed by atoms with Crippen molar-refractivity contribution in [3.63, 3.8) is 0 Å². The smallest absolute Gasteiger partial charge is 0.201 e. The molecule has 0 aromatic carbocycles. The fourth-order valence-electron chi connectivity index (χ4n) is 1.14. The molecule has 5 heteroatoms. The van der Waals surface area contributed by atoms with Crippen LogP contribution in [-0.2, 0) is 14.0 Å². The zero-order valence-electron chi connectivity index (χ0n) is 10.1. The Labute approximate surface area is 94.3 Å². The Bertz CT molecular complexity index is 132. The van der Waals surface area contributed by atoms with E-state index >= 15 is 0 Å². The van der Waals surface area contributed by atoms with Crippen LogP contribution in [0.1, 0.15) is 27.2 Å². The van der Waals surface area contributed by atoms with E-state index in [2.05, 4.69) is 0 Å². The third-order valence-electron chi connectivity index (χ3n) is 1.73. The Hall–Kier alpha value is 0.270. The van der Waals surface area contributed by atoms with Crippen LogP contribution in [0.15, 0.2) is 0 Å². The molecule has 0 radical (unpaired) electrons. The minimum atomic E-state index is -0.666. The molecule has 0 rings (SSSR count). The fraction of sp³-hybridized carbons (Fsp3) is 1.00. The van der Waals surface area contributed by atoms with E-state index in [1.807, 2.05) is 20.8 Å². The molecule has 92 valence electrons. The zero-order chi connectivity index (χ0) is 11.5. The average Bonchev–Trinajstić information content (AvgIpc) is 2.24. The van der Waals surface area contributed by atoms with Gasteiger partial charge in [0.05, 0.1) is 8.15 Å². The minimum absolute atomic E-state index is 0.193. The van der Waals surface area contributed by atoms with E-state index in [1.165, 1.54) is 0 Å². The predicted octanol–water partition coefficient (Wildman–Crippen LogP) is 2.13. The van der Waals surface area contributed by atoms with Crippen molar-refractivity contribution in [3.8, 4) is 0 Å². The van der Waals surface area contributed by atoms with Crippen LogP contribution in [0.2, 0.25) is 0 Å². The van der Waals surface area contributed by atoms with Crippen LogP contribution in [0.4, 0.5) is 0 Å². The highest BCUT2D eigenvalue weighted by Gasteiger charge is 2.22. The molecular formula is C10H24NO3P. The van der Waals surface area contributed by atoms with Gasteiger partial charge in [0.25, 0.3) is 0 Å². The molecule has 0 saturated heterocycles. The van der Waals surface area contributed by atoms with E-state index in [0.29, 0.717) is 26.4 Å². The third kappa shape index (κ3) is 7.20. The Morgan fingerprint density at radius 2 is 1.67 bits per heavy atom. The molecule has 1 atom stereocenters. The van der Waals surface area contributed by atoms with E-state index in [9.17, 15) is 0 Å². The van der Waals surface area contributed by atoms with Gasteiger partial charge in [-0.3, -0.25) is 0 Å². The van der Waals surface area contributed by atoms with Gasteiger partial charge in [-0.15, -0.1) is 0 Å². The van der Waals surface area contributed by atoms with E-state index in [-0.39, 0.29) is 6.03 Å². The molecule has 0 aromatic rings. The Morgan fingerprint density at radius 3 is 2.07 bits per heavy atom. The lowest BCUT2D eigenvalue weighted by atomic mass is 10.5. The first kappa shape index (κ1) is 15.3. The molecule has 15 heavy (non-hydrogen) atoms. The summed E-state index contributed by atoms with van der Waals surface area (Å²) < 4.78 is 16.7. The number of ether oxygens (including phenoxy) is 2. The standard InChI is InChI=1S/C10H24NO3P/c1-4-12-10(13-5-2)15(14-6-3)9-7-8-11/h10H,4-9,11H2,1-3H3. The summed E-state index contributed by atoms with van der Waals surface area (Å²) in [5.74, 6) is 0. The summed E-state index contributed by atoms with van der Waals surface area (Å²) >= 11 is 0. The van der Waals surface area contributed by atoms with E-state index < -0.39 is 8.15 Å². The lowest BCUT2D eigenvalue weighted by molar-refractivity contribution is -0.0837. The van der Waals surface area contributed by atoms with Crippen LogP contribution in [-0.4, -0.2) is 38.6 Å². The molecule has 2 N–H and O–H groups in total. The Kier molecular flexibility index (Phi) is 11.0. The monoisotopic (exact) mass is 237 g/mol. The summed E-state index contributed by atoms with van der Waals surface area (Å²) in [5, 5.41) is 0. The van der Waals surface area contributed by atoms with Crippen molar-refractivity contribution in [1.82, 2.24) is 0 Å². The topological polar surface area (TPSA) is 53.7 Å². The summed E-state index contributed by atoms with van der Waals surface area (Å²) in [4.78, 5) is 0. The summed E-state index contributed by atoms with van der Waals surface area (Å²) in [6.07, 6.45) is 1.91. The van der Waals surface area contributed by atoms with Gasteiger partial charge in [0, 0.05) is 19.8 Å². The van der Waals surface area contributed by atoms with Crippen molar-refractivity contribution in [1.29, 1.82) is 0 Å². The van der Waals surface area contributed by atoms with Gasteiger partial charge in [-0.25, -0.2) is 0 Å². The molecular weight excluding hydrogens is 213 g/mol. The second kappa shape index (κ2) is 10.8. The van der Waals surface area contributed by atoms with Gasteiger partial charge in [0.2, 0.25) is 6.03 Å². The largest absolute Gasteiger partial charge is 0.354 e. The lowest BCUT2D eigenvalue weighted by Gasteiger charge is -2.26. The van der Waals surface area contributed by atoms with Gasteiger partial charge in [-0.1, -0.05) is 0 Å². The molecule has 0 aliphatic rings. The minimum Gasteiger partial charge on any atom is -0.354 e. The van der Waals surface area contributed by atoms with Gasteiger partial charge in [-0.2, -0.15) is 0 Å². The highest BCUT2D eigenvalue weighted by atomic mass is 31.1. The highest BCUT2D eigenvalue weighted by Crippen LogP contribution is 2.44. The Morgan fingerprint density at radius 1 is 1.07 bits per heavy atom. The number of hydrogen-bond donors (Lipinski definition) is 1. The van der Waals surface area contributed by atoms with Crippen LogP contribution in [0, 0.1) is 0 Å². The zero-order valence-corrected chi connectivity index (χ0v) is 11.0. The maximum atomic E-state index is 5.67. The first-order valence-electron chi connectivity index (χ1n) is 5.62. The van der Waals surface area contributed by atoms with E-state index in [0.717, 1.165) is 12.6 Å². The summed E-state index contributed by atoms with van der Waals surface area (Å²) in [7, 11) is -0.666. The van der Waals surface area contributed by atoms with Crippen molar-refractivity contribution >= 4 is 8.15 Å². The normalized spacial score (nSPS) is 13.4. The highest BCUT2D eigenvalue weighted by molar-refractivity contribution is 7.52. The van der Waals surface area contributed by atoms with E-state index in [4.69, 9.17) is 19.7 Å². The van der Waals surface area contributed by atoms with Gasteiger partial charge >= 0.3 is 0 Å². The van der Waals surface area contributed by atoms with Crippen molar-refractivity contribution in [2.24, 2.45) is 5.73 Å². The molecule has 0 spiro atoms. The van der Waals surface area contributed by atoms with Gasteiger partial charge in [0.1, 0.15) is 0 Å². The molecule has 0 amide bonds. The maximum absolute atomic E-state index is 5.67. The van der Waals surface area contributed by atoms with Gasteiger partial charge < -0.3 is 19.7 Å². The molecule has 0 bridgehead atoms. The predicted molar refractivity (Wildman–Crippen MR) is 64.1 cm³/mol. The fourth-order valence-corrected chi connectivity index (χ4v) is 3.06. The quantitative estimate of drug-likeness (QED) is 0.467. The van der Waals surface area contributed by atoms with Crippen LogP contribution >= 0.6 is 8.15 Å². The van der Waals surface area contributed by atoms with Crippen molar-refractivity contribution in [3.05, 3.63) is 0 Å². The second-order valence-corrected chi connectivity index (χ2v) is 4.88. The number of rotatable bonds is 10. The van der Waals surface area contributed by atoms with E-state index in [1.54, 1.807) is 0 Å². The van der Waals surface area contributed by atoms with Crippen LogP contribution < -0.4 is 5.73 Å². The van der Waals surface area contributed by atoms with Gasteiger partial charge in [0.15, 0.2) is 0 Å². The first-order valence-corrected chi connectivity index (χ1v) is 7.14. The molecule has 4 nitrogen and oxygen atoms in total. The summed E-state index contributed by atoms with van der Waals surface area (Å²) in [5.41, 5.74) is 5.49.